The van der Waals surface area contributed by atoms with Crippen LogP contribution in [0.4, 0.5) is 4.79 Å². The van der Waals surface area contributed by atoms with Crippen molar-refractivity contribution in [2.75, 3.05) is 0 Å². The van der Waals surface area contributed by atoms with Gasteiger partial charge in [-0.3, -0.25) is 0 Å². The second-order valence-electron chi connectivity index (χ2n) is 2.80. The molecule has 1 saturated carbocycles. The SMILES string of the molecule is NC(=O)N/N=C/C1CCCC1. The fraction of sp³-hybridized carbons (Fsp3) is 0.714. The normalized spacial score (nSPS) is 19.3. The van der Waals surface area contributed by atoms with Crippen molar-refractivity contribution in [3.8, 4) is 0 Å². The van der Waals surface area contributed by atoms with E-state index in [9.17, 15) is 4.79 Å². The molecule has 0 saturated heterocycles. The van der Waals surface area contributed by atoms with Gasteiger partial charge in [-0.25, -0.2) is 10.2 Å². The summed E-state index contributed by atoms with van der Waals surface area (Å²) in [4.78, 5) is 10.2. The van der Waals surface area contributed by atoms with E-state index in [-0.39, 0.29) is 0 Å². The van der Waals surface area contributed by atoms with Gasteiger partial charge in [-0.2, -0.15) is 5.10 Å². The lowest BCUT2D eigenvalue weighted by atomic mass is 10.1. The first kappa shape index (κ1) is 8.04. The van der Waals surface area contributed by atoms with E-state index in [1.165, 1.54) is 25.7 Å². The molecule has 11 heavy (non-hydrogen) atoms. The number of primary amides is 1. The molecule has 0 spiro atoms. The van der Waals surface area contributed by atoms with Crippen molar-refractivity contribution in [2.24, 2.45) is 16.8 Å². The second-order valence-corrected chi connectivity index (χ2v) is 2.80. The molecular weight excluding hydrogens is 142 g/mol. The third kappa shape index (κ3) is 3.02. The monoisotopic (exact) mass is 155 g/mol. The van der Waals surface area contributed by atoms with E-state index in [0.717, 1.165) is 0 Å². The highest BCUT2D eigenvalue weighted by molar-refractivity contribution is 5.73. The minimum Gasteiger partial charge on any atom is -0.350 e. The fourth-order valence-electron chi connectivity index (χ4n) is 1.31. The molecule has 1 aliphatic rings. The minimum absolute atomic E-state index is 0.543. The van der Waals surface area contributed by atoms with Gasteiger partial charge >= 0.3 is 6.03 Å². The maximum Gasteiger partial charge on any atom is 0.332 e. The standard InChI is InChI=1S/C7H13N3O/c8-7(11)10-9-5-6-3-1-2-4-6/h5-6H,1-4H2,(H3,8,10,11)/b9-5+. The van der Waals surface area contributed by atoms with Crippen LogP contribution in [0.1, 0.15) is 25.7 Å². The minimum atomic E-state index is -0.598. The molecule has 0 radical (unpaired) electrons. The van der Waals surface area contributed by atoms with Crippen LogP contribution < -0.4 is 11.2 Å². The van der Waals surface area contributed by atoms with E-state index in [2.05, 4.69) is 10.5 Å². The Morgan fingerprint density at radius 2 is 2.18 bits per heavy atom. The fourth-order valence-corrected chi connectivity index (χ4v) is 1.31. The summed E-state index contributed by atoms with van der Waals surface area (Å²) in [6.45, 7) is 0. The van der Waals surface area contributed by atoms with Crippen molar-refractivity contribution in [1.82, 2.24) is 5.43 Å². The Bertz CT molecular complexity index is 161. The largest absolute Gasteiger partial charge is 0.350 e. The number of hydrazone groups is 1. The number of rotatable bonds is 2. The van der Waals surface area contributed by atoms with E-state index in [0.29, 0.717) is 5.92 Å². The van der Waals surface area contributed by atoms with Crippen LogP contribution in [0.5, 0.6) is 0 Å². The first-order chi connectivity index (χ1) is 5.29. The molecule has 2 amide bonds. The van der Waals surface area contributed by atoms with Gasteiger partial charge in [0.1, 0.15) is 0 Å². The average Bonchev–Trinajstić information content (AvgIpc) is 2.39. The van der Waals surface area contributed by atoms with Crippen LogP contribution in [0.15, 0.2) is 5.10 Å². The van der Waals surface area contributed by atoms with Gasteiger partial charge in [0, 0.05) is 6.21 Å². The van der Waals surface area contributed by atoms with Gasteiger partial charge < -0.3 is 5.73 Å². The topological polar surface area (TPSA) is 67.5 Å². The van der Waals surface area contributed by atoms with Crippen LogP contribution >= 0.6 is 0 Å². The van der Waals surface area contributed by atoms with E-state index >= 15 is 0 Å². The predicted octanol–water partition coefficient (Wildman–Crippen LogP) is 0.831. The van der Waals surface area contributed by atoms with E-state index in [4.69, 9.17) is 5.73 Å². The number of hydrogen-bond donors (Lipinski definition) is 2. The van der Waals surface area contributed by atoms with Crippen molar-refractivity contribution in [3.63, 3.8) is 0 Å². The van der Waals surface area contributed by atoms with Crippen LogP contribution in [-0.2, 0) is 0 Å². The zero-order valence-corrected chi connectivity index (χ0v) is 6.42. The third-order valence-electron chi connectivity index (χ3n) is 1.86. The summed E-state index contributed by atoms with van der Waals surface area (Å²) in [5, 5.41) is 3.70. The lowest BCUT2D eigenvalue weighted by Crippen LogP contribution is -2.24. The molecule has 4 nitrogen and oxygen atoms in total. The molecule has 0 aliphatic heterocycles. The van der Waals surface area contributed by atoms with Crippen molar-refractivity contribution in [3.05, 3.63) is 0 Å². The molecule has 1 fully saturated rings. The molecule has 0 atom stereocenters. The van der Waals surface area contributed by atoms with Gasteiger partial charge in [0.25, 0.3) is 0 Å². The molecule has 0 unspecified atom stereocenters. The van der Waals surface area contributed by atoms with Crippen LogP contribution in [0.3, 0.4) is 0 Å². The first-order valence-corrected chi connectivity index (χ1v) is 3.87. The molecule has 0 bridgehead atoms. The Hall–Kier alpha value is -1.06. The molecule has 1 rings (SSSR count). The maximum atomic E-state index is 10.2. The number of urea groups is 1. The number of amides is 2. The Labute approximate surface area is 65.8 Å². The molecular formula is C7H13N3O. The highest BCUT2D eigenvalue weighted by Crippen LogP contribution is 2.22. The summed E-state index contributed by atoms with van der Waals surface area (Å²) in [5.41, 5.74) is 6.99. The highest BCUT2D eigenvalue weighted by atomic mass is 16.2. The second kappa shape index (κ2) is 3.95. The third-order valence-corrected chi connectivity index (χ3v) is 1.86. The zero-order chi connectivity index (χ0) is 8.10. The lowest BCUT2D eigenvalue weighted by Gasteiger charge is -1.98. The maximum absolute atomic E-state index is 10.2. The van der Waals surface area contributed by atoms with Crippen LogP contribution in [0.25, 0.3) is 0 Å². The molecule has 0 aromatic rings. The van der Waals surface area contributed by atoms with Gasteiger partial charge in [-0.1, -0.05) is 12.8 Å². The van der Waals surface area contributed by atoms with Gasteiger partial charge in [-0.15, -0.1) is 0 Å². The number of carbonyl (C=O) groups excluding carboxylic acids is 1. The van der Waals surface area contributed by atoms with Crippen LogP contribution in [0, 0.1) is 5.92 Å². The first-order valence-electron chi connectivity index (χ1n) is 3.87. The van der Waals surface area contributed by atoms with Crippen molar-refractivity contribution in [2.45, 2.75) is 25.7 Å². The Kier molecular flexibility index (Phi) is 2.89. The smallest absolute Gasteiger partial charge is 0.332 e. The number of carbonyl (C=O) groups is 1. The molecule has 0 heterocycles. The summed E-state index contributed by atoms with van der Waals surface area (Å²) in [6.07, 6.45) is 6.69. The van der Waals surface area contributed by atoms with Crippen molar-refractivity contribution >= 4 is 12.2 Å². The lowest BCUT2D eigenvalue weighted by molar-refractivity contribution is 0.249. The Morgan fingerprint density at radius 1 is 1.55 bits per heavy atom. The van der Waals surface area contributed by atoms with E-state index < -0.39 is 6.03 Å². The molecule has 0 aromatic heterocycles. The average molecular weight is 155 g/mol. The van der Waals surface area contributed by atoms with E-state index in [1.807, 2.05) is 0 Å². The van der Waals surface area contributed by atoms with Crippen molar-refractivity contribution in [1.29, 1.82) is 0 Å². The van der Waals surface area contributed by atoms with Gasteiger partial charge in [0.15, 0.2) is 0 Å². The van der Waals surface area contributed by atoms with Gasteiger partial charge in [0.2, 0.25) is 0 Å². The number of hydrogen-bond acceptors (Lipinski definition) is 2. The molecule has 3 N–H and O–H groups in total. The number of nitrogens with two attached hydrogens (primary N) is 1. The summed E-state index contributed by atoms with van der Waals surface area (Å²) in [5.74, 6) is 0.543. The molecule has 4 heteroatoms. The number of nitrogens with one attached hydrogen (secondary N) is 1. The molecule has 1 aliphatic carbocycles. The van der Waals surface area contributed by atoms with Gasteiger partial charge in [0.05, 0.1) is 0 Å². The van der Waals surface area contributed by atoms with Crippen LogP contribution in [-0.4, -0.2) is 12.2 Å². The Balaban J connectivity index is 2.17. The Morgan fingerprint density at radius 3 is 2.73 bits per heavy atom. The summed E-state index contributed by atoms with van der Waals surface area (Å²) in [7, 11) is 0. The van der Waals surface area contributed by atoms with Gasteiger partial charge in [-0.05, 0) is 18.8 Å². The highest BCUT2D eigenvalue weighted by Gasteiger charge is 2.11. The molecule has 62 valence electrons. The van der Waals surface area contributed by atoms with Crippen molar-refractivity contribution < 1.29 is 4.79 Å². The summed E-state index contributed by atoms with van der Waals surface area (Å²) in [6, 6.07) is -0.598. The summed E-state index contributed by atoms with van der Waals surface area (Å²) >= 11 is 0. The van der Waals surface area contributed by atoms with E-state index in [1.54, 1.807) is 6.21 Å². The quantitative estimate of drug-likeness (QED) is 0.450. The summed E-state index contributed by atoms with van der Waals surface area (Å²) < 4.78 is 0. The predicted molar refractivity (Wildman–Crippen MR) is 43.2 cm³/mol. The van der Waals surface area contributed by atoms with Crippen LogP contribution in [0.2, 0.25) is 0 Å². The zero-order valence-electron chi connectivity index (χ0n) is 6.42. The number of nitrogens with zero attached hydrogens (tertiary/aromatic N) is 1. The molecule has 0 aromatic carbocycles.